The summed E-state index contributed by atoms with van der Waals surface area (Å²) in [6.07, 6.45) is 0. The zero-order valence-corrected chi connectivity index (χ0v) is 15.9. The second-order valence-electron chi connectivity index (χ2n) is 6.38. The van der Waals surface area contributed by atoms with Gasteiger partial charge >= 0.3 is 5.97 Å². The Balaban J connectivity index is 1.65. The van der Waals surface area contributed by atoms with Gasteiger partial charge in [0, 0.05) is 5.56 Å². The van der Waals surface area contributed by atoms with Crippen molar-refractivity contribution in [1.29, 1.82) is 0 Å². The molecular formula is C18H15N5O5S. The Labute approximate surface area is 164 Å². The first-order valence-electron chi connectivity index (χ1n) is 8.41. The quantitative estimate of drug-likeness (QED) is 0.497. The first kappa shape index (κ1) is 18.8. The number of fused-ring (bicyclic) bond motifs is 1. The molecule has 2 heterocycles. The number of nitrogens with zero attached hydrogens (tertiary/aromatic N) is 3. The van der Waals surface area contributed by atoms with Crippen LogP contribution in [0.3, 0.4) is 0 Å². The van der Waals surface area contributed by atoms with Crippen molar-refractivity contribution in [3.05, 3.63) is 69.6 Å². The maximum Gasteiger partial charge on any atom is 0.338 e. The summed E-state index contributed by atoms with van der Waals surface area (Å²) in [5.41, 5.74) is 2.24. The number of carbonyl (C=O) groups is 1. The van der Waals surface area contributed by atoms with Crippen LogP contribution in [0.15, 0.2) is 62.4 Å². The molecule has 0 saturated heterocycles. The number of sulfonamides is 1. The molecule has 0 unspecified atom stereocenters. The van der Waals surface area contributed by atoms with Crippen molar-refractivity contribution in [3.63, 3.8) is 0 Å². The fourth-order valence-corrected chi connectivity index (χ4v) is 3.43. The minimum Gasteiger partial charge on any atom is -0.457 e. The summed E-state index contributed by atoms with van der Waals surface area (Å²) >= 11 is 0. The molecule has 0 amide bonds. The molecule has 11 heteroatoms. The van der Waals surface area contributed by atoms with Crippen molar-refractivity contribution in [2.75, 3.05) is 0 Å². The van der Waals surface area contributed by atoms with E-state index in [9.17, 15) is 18.0 Å². The minimum absolute atomic E-state index is 0.0587. The number of H-pyrrole nitrogens is 1. The van der Waals surface area contributed by atoms with E-state index in [2.05, 4.69) is 15.3 Å². The maximum atomic E-state index is 12.7. The number of carbonyl (C=O) groups excluding carboxylic acids is 1. The second-order valence-corrected chi connectivity index (χ2v) is 7.94. The number of benzene rings is 2. The van der Waals surface area contributed by atoms with Gasteiger partial charge in [0.2, 0.25) is 10.0 Å². The zero-order valence-electron chi connectivity index (χ0n) is 15.1. The number of aromatic nitrogens is 2. The van der Waals surface area contributed by atoms with Gasteiger partial charge in [-0.2, -0.15) is 5.11 Å². The molecule has 3 N–H and O–H groups in total. The number of cyclic esters (lactones) is 1. The highest BCUT2D eigenvalue weighted by Crippen LogP contribution is 2.26. The van der Waals surface area contributed by atoms with Crippen LogP contribution in [0.1, 0.15) is 21.6 Å². The standard InChI is InChI=1S/C18H15N5O5S/c1-10-16(21-20-12-2-7-15-11(8-12)9-28-18(15)25)17(24)23(22-10)13-3-5-14(6-4-13)29(19,26)27/h2-8,22H,9H2,1H3,(H2,19,26,27). The fourth-order valence-electron chi connectivity index (χ4n) is 2.91. The van der Waals surface area contributed by atoms with Gasteiger partial charge in [0.1, 0.15) is 6.61 Å². The van der Waals surface area contributed by atoms with E-state index < -0.39 is 15.6 Å². The van der Waals surface area contributed by atoms with Gasteiger partial charge < -0.3 is 4.74 Å². The lowest BCUT2D eigenvalue weighted by atomic mass is 10.1. The van der Waals surface area contributed by atoms with E-state index in [1.165, 1.54) is 28.9 Å². The summed E-state index contributed by atoms with van der Waals surface area (Å²) in [6, 6.07) is 10.4. The molecule has 0 bridgehead atoms. The van der Waals surface area contributed by atoms with Crippen LogP contribution in [-0.4, -0.2) is 24.2 Å². The number of hydrogen-bond donors (Lipinski definition) is 2. The molecule has 10 nitrogen and oxygen atoms in total. The molecule has 0 saturated carbocycles. The second kappa shape index (κ2) is 6.79. The van der Waals surface area contributed by atoms with Gasteiger partial charge in [-0.3, -0.25) is 9.89 Å². The van der Waals surface area contributed by atoms with Crippen LogP contribution < -0.4 is 10.7 Å². The van der Waals surface area contributed by atoms with Crippen LogP contribution in [0.25, 0.3) is 5.69 Å². The number of rotatable bonds is 4. The Bertz CT molecular complexity index is 1320. The van der Waals surface area contributed by atoms with Gasteiger partial charge in [0.25, 0.3) is 5.56 Å². The van der Waals surface area contributed by atoms with Gasteiger partial charge in [0.05, 0.1) is 27.5 Å². The van der Waals surface area contributed by atoms with Gasteiger partial charge in [-0.15, -0.1) is 5.11 Å². The summed E-state index contributed by atoms with van der Waals surface area (Å²) in [7, 11) is -3.82. The smallest absolute Gasteiger partial charge is 0.338 e. The average molecular weight is 413 g/mol. The van der Waals surface area contributed by atoms with E-state index in [1.54, 1.807) is 25.1 Å². The highest BCUT2D eigenvalue weighted by Gasteiger charge is 2.21. The first-order valence-corrected chi connectivity index (χ1v) is 9.95. The van der Waals surface area contributed by atoms with E-state index in [0.29, 0.717) is 28.2 Å². The lowest BCUT2D eigenvalue weighted by Gasteiger charge is -2.02. The summed E-state index contributed by atoms with van der Waals surface area (Å²) in [5.74, 6) is -0.374. The van der Waals surface area contributed by atoms with E-state index in [0.717, 1.165) is 0 Å². The molecule has 0 radical (unpaired) electrons. The van der Waals surface area contributed by atoms with Crippen LogP contribution in [-0.2, 0) is 21.4 Å². The number of primary sulfonamides is 1. The predicted molar refractivity (Wildman–Crippen MR) is 102 cm³/mol. The number of aromatic amines is 1. The summed E-state index contributed by atoms with van der Waals surface area (Å²) in [5, 5.41) is 16.1. The van der Waals surface area contributed by atoms with Gasteiger partial charge in [-0.1, -0.05) is 0 Å². The van der Waals surface area contributed by atoms with Crippen molar-refractivity contribution in [1.82, 2.24) is 9.78 Å². The maximum absolute atomic E-state index is 12.7. The molecule has 2 aromatic carbocycles. The average Bonchev–Trinajstić information content (AvgIpc) is 3.19. The number of esters is 1. The Morgan fingerprint density at radius 2 is 1.83 bits per heavy atom. The van der Waals surface area contributed by atoms with Crippen LogP contribution in [0, 0.1) is 6.92 Å². The van der Waals surface area contributed by atoms with E-state index in [1.807, 2.05) is 0 Å². The summed E-state index contributed by atoms with van der Waals surface area (Å²) in [4.78, 5) is 24.1. The molecule has 29 heavy (non-hydrogen) atoms. The third-order valence-corrected chi connectivity index (χ3v) is 5.33. The SMILES string of the molecule is Cc1[nH]n(-c2ccc(S(N)(=O)=O)cc2)c(=O)c1N=Nc1ccc2c(c1)COC2=O. The van der Waals surface area contributed by atoms with E-state index in [4.69, 9.17) is 9.88 Å². The minimum atomic E-state index is -3.82. The third-order valence-electron chi connectivity index (χ3n) is 4.40. The zero-order chi connectivity index (χ0) is 20.8. The normalized spacial score (nSPS) is 13.7. The number of nitrogens with two attached hydrogens (primary N) is 1. The molecule has 0 spiro atoms. The number of hydrogen-bond acceptors (Lipinski definition) is 7. The van der Waals surface area contributed by atoms with Crippen molar-refractivity contribution in [3.8, 4) is 5.69 Å². The Morgan fingerprint density at radius 3 is 2.52 bits per heavy atom. The Kier molecular flexibility index (Phi) is 4.40. The van der Waals surface area contributed by atoms with Crippen LogP contribution in [0.4, 0.5) is 11.4 Å². The molecular weight excluding hydrogens is 398 g/mol. The Morgan fingerprint density at radius 1 is 1.10 bits per heavy atom. The Hall–Kier alpha value is -3.57. The topological polar surface area (TPSA) is 149 Å². The lowest BCUT2D eigenvalue weighted by molar-refractivity contribution is 0.0535. The molecule has 1 aliphatic rings. The van der Waals surface area contributed by atoms with Gasteiger partial charge in [-0.25, -0.2) is 23.0 Å². The number of azo groups is 1. The fraction of sp³-hybridized carbons (Fsp3) is 0.111. The van der Waals surface area contributed by atoms with Crippen molar-refractivity contribution < 1.29 is 17.9 Å². The molecule has 4 rings (SSSR count). The first-order chi connectivity index (χ1) is 13.7. The number of ether oxygens (including phenoxy) is 1. The van der Waals surface area contributed by atoms with Crippen molar-refractivity contribution in [2.45, 2.75) is 18.4 Å². The van der Waals surface area contributed by atoms with Crippen molar-refractivity contribution in [2.24, 2.45) is 15.4 Å². The van der Waals surface area contributed by atoms with Gasteiger partial charge in [0.15, 0.2) is 5.69 Å². The predicted octanol–water partition coefficient (Wildman–Crippen LogP) is 2.21. The molecule has 148 valence electrons. The monoisotopic (exact) mass is 413 g/mol. The number of nitrogens with one attached hydrogen (secondary N) is 1. The summed E-state index contributed by atoms with van der Waals surface area (Å²) < 4.78 is 28.9. The molecule has 1 aromatic heterocycles. The van der Waals surface area contributed by atoms with Gasteiger partial charge in [-0.05, 0) is 49.4 Å². The van der Waals surface area contributed by atoms with Crippen LogP contribution in [0.2, 0.25) is 0 Å². The third kappa shape index (κ3) is 3.48. The van der Waals surface area contributed by atoms with Crippen LogP contribution in [0.5, 0.6) is 0 Å². The highest BCUT2D eigenvalue weighted by molar-refractivity contribution is 7.89. The highest BCUT2D eigenvalue weighted by atomic mass is 32.2. The van der Waals surface area contributed by atoms with E-state index >= 15 is 0 Å². The van der Waals surface area contributed by atoms with Crippen LogP contribution >= 0.6 is 0 Å². The van der Waals surface area contributed by atoms with E-state index in [-0.39, 0.29) is 23.2 Å². The summed E-state index contributed by atoms with van der Waals surface area (Å²) in [6.45, 7) is 1.85. The molecule has 0 fully saturated rings. The van der Waals surface area contributed by atoms with Crippen molar-refractivity contribution >= 4 is 27.4 Å². The molecule has 0 atom stereocenters. The largest absolute Gasteiger partial charge is 0.457 e. The lowest BCUT2D eigenvalue weighted by Crippen LogP contribution is -2.15. The number of aryl methyl sites for hydroxylation is 1. The molecule has 1 aliphatic heterocycles. The molecule has 0 aliphatic carbocycles. The molecule has 3 aromatic rings.